The lowest BCUT2D eigenvalue weighted by atomic mass is 9.91. The highest BCUT2D eigenvalue weighted by Crippen LogP contribution is 2.30. The standard InChI is InChI=1S/C14H13F4N3O3/c1-13(8-4-2-3-5-9(8)15)11(23)21(12(24)20-13)6-10(22)19-7-14(16,17)18/h2-5H,6-7H2,1H3,(H,19,22)(H,20,24)/t13-/m0/s1. The molecule has 2 N–H and O–H groups in total. The molecule has 1 fully saturated rings. The second kappa shape index (κ2) is 6.10. The van der Waals surface area contributed by atoms with E-state index in [1.165, 1.54) is 25.1 Å². The van der Waals surface area contributed by atoms with Gasteiger partial charge in [0.25, 0.3) is 5.91 Å². The lowest BCUT2D eigenvalue weighted by Gasteiger charge is -2.22. The van der Waals surface area contributed by atoms with Gasteiger partial charge in [0, 0.05) is 5.56 Å². The maximum absolute atomic E-state index is 13.9. The number of carbonyl (C=O) groups is 3. The summed E-state index contributed by atoms with van der Waals surface area (Å²) in [5.74, 6) is -2.83. The second-order valence-electron chi connectivity index (χ2n) is 5.32. The predicted octanol–water partition coefficient (Wildman–Crippen LogP) is 1.27. The Morgan fingerprint density at radius 3 is 2.50 bits per heavy atom. The minimum atomic E-state index is -4.62. The van der Waals surface area contributed by atoms with Crippen molar-refractivity contribution in [2.75, 3.05) is 13.1 Å². The van der Waals surface area contributed by atoms with E-state index in [1.54, 1.807) is 5.32 Å². The molecule has 130 valence electrons. The zero-order chi connectivity index (χ0) is 18.1. The van der Waals surface area contributed by atoms with Gasteiger partial charge in [-0.3, -0.25) is 14.5 Å². The Morgan fingerprint density at radius 2 is 1.92 bits per heavy atom. The first kappa shape index (κ1) is 17.7. The summed E-state index contributed by atoms with van der Waals surface area (Å²) >= 11 is 0. The molecule has 1 aromatic rings. The first-order valence-electron chi connectivity index (χ1n) is 6.77. The fourth-order valence-electron chi connectivity index (χ4n) is 2.29. The van der Waals surface area contributed by atoms with Crippen molar-refractivity contribution in [3.8, 4) is 0 Å². The summed E-state index contributed by atoms with van der Waals surface area (Å²) in [6.07, 6.45) is -4.62. The molecule has 1 saturated heterocycles. The molecule has 0 saturated carbocycles. The van der Waals surface area contributed by atoms with Crippen LogP contribution < -0.4 is 10.6 Å². The molecule has 1 aliphatic rings. The van der Waals surface area contributed by atoms with Crippen LogP contribution in [0.25, 0.3) is 0 Å². The molecule has 6 nitrogen and oxygen atoms in total. The molecule has 10 heteroatoms. The Labute approximate surface area is 133 Å². The molecule has 0 unspecified atom stereocenters. The topological polar surface area (TPSA) is 78.5 Å². The Hall–Kier alpha value is -2.65. The van der Waals surface area contributed by atoms with Gasteiger partial charge in [0.2, 0.25) is 5.91 Å². The first-order chi connectivity index (χ1) is 11.0. The van der Waals surface area contributed by atoms with Crippen molar-refractivity contribution in [2.24, 2.45) is 0 Å². The van der Waals surface area contributed by atoms with E-state index in [1.807, 2.05) is 0 Å². The molecule has 2 rings (SSSR count). The van der Waals surface area contributed by atoms with Crippen molar-refractivity contribution >= 4 is 17.8 Å². The van der Waals surface area contributed by atoms with Crippen LogP contribution in [0.1, 0.15) is 12.5 Å². The molecule has 0 aliphatic carbocycles. The molecule has 0 spiro atoms. The molecule has 1 atom stereocenters. The summed E-state index contributed by atoms with van der Waals surface area (Å²) in [6.45, 7) is -1.23. The fourth-order valence-corrected chi connectivity index (χ4v) is 2.29. The number of carbonyl (C=O) groups excluding carboxylic acids is 3. The molecular weight excluding hydrogens is 334 g/mol. The van der Waals surface area contributed by atoms with Crippen molar-refractivity contribution in [3.05, 3.63) is 35.6 Å². The van der Waals surface area contributed by atoms with E-state index in [-0.39, 0.29) is 5.56 Å². The van der Waals surface area contributed by atoms with Crippen LogP contribution in [0.15, 0.2) is 24.3 Å². The Morgan fingerprint density at radius 1 is 1.29 bits per heavy atom. The molecular formula is C14H13F4N3O3. The van der Waals surface area contributed by atoms with Crippen LogP contribution in [-0.4, -0.2) is 42.0 Å². The van der Waals surface area contributed by atoms with Crippen LogP contribution in [0, 0.1) is 5.82 Å². The number of hydrogen-bond acceptors (Lipinski definition) is 3. The van der Waals surface area contributed by atoms with Crippen LogP contribution >= 0.6 is 0 Å². The number of amides is 4. The summed E-state index contributed by atoms with van der Waals surface area (Å²) in [5, 5.41) is 3.82. The van der Waals surface area contributed by atoms with Crippen molar-refractivity contribution in [3.63, 3.8) is 0 Å². The Bertz CT molecular complexity index is 692. The number of nitrogens with one attached hydrogen (secondary N) is 2. The Kier molecular flexibility index (Phi) is 4.50. The monoisotopic (exact) mass is 347 g/mol. The molecule has 1 aromatic carbocycles. The van der Waals surface area contributed by atoms with Gasteiger partial charge in [-0.05, 0) is 13.0 Å². The average molecular weight is 347 g/mol. The second-order valence-corrected chi connectivity index (χ2v) is 5.32. The van der Waals surface area contributed by atoms with E-state index in [2.05, 4.69) is 5.32 Å². The van der Waals surface area contributed by atoms with Crippen LogP contribution in [-0.2, 0) is 15.1 Å². The maximum atomic E-state index is 13.9. The summed E-state index contributed by atoms with van der Waals surface area (Å²) in [6, 6.07) is 4.25. The van der Waals surface area contributed by atoms with E-state index in [0.717, 1.165) is 6.07 Å². The van der Waals surface area contributed by atoms with Gasteiger partial charge in [-0.2, -0.15) is 13.2 Å². The van der Waals surface area contributed by atoms with Crippen LogP contribution in [0.5, 0.6) is 0 Å². The van der Waals surface area contributed by atoms with Gasteiger partial charge in [0.1, 0.15) is 24.4 Å². The third-order valence-corrected chi connectivity index (χ3v) is 3.48. The number of imide groups is 1. The zero-order valence-corrected chi connectivity index (χ0v) is 12.4. The van der Waals surface area contributed by atoms with Gasteiger partial charge in [-0.1, -0.05) is 18.2 Å². The number of nitrogens with zero attached hydrogens (tertiary/aromatic N) is 1. The number of urea groups is 1. The predicted molar refractivity (Wildman–Crippen MR) is 73.1 cm³/mol. The van der Waals surface area contributed by atoms with Gasteiger partial charge in [-0.15, -0.1) is 0 Å². The number of halogens is 4. The van der Waals surface area contributed by atoms with Crippen molar-refractivity contribution in [2.45, 2.75) is 18.6 Å². The quantitative estimate of drug-likeness (QED) is 0.636. The third kappa shape index (κ3) is 3.47. The van der Waals surface area contributed by atoms with E-state index in [4.69, 9.17) is 0 Å². The summed E-state index contributed by atoms with van der Waals surface area (Å²) < 4.78 is 50.1. The lowest BCUT2D eigenvalue weighted by Crippen LogP contribution is -2.45. The maximum Gasteiger partial charge on any atom is 0.405 e. The van der Waals surface area contributed by atoms with Crippen molar-refractivity contribution in [1.82, 2.24) is 15.5 Å². The number of rotatable bonds is 4. The molecule has 0 radical (unpaired) electrons. The molecule has 4 amide bonds. The molecule has 1 heterocycles. The van der Waals surface area contributed by atoms with E-state index in [9.17, 15) is 31.9 Å². The van der Waals surface area contributed by atoms with E-state index >= 15 is 0 Å². The van der Waals surface area contributed by atoms with Crippen molar-refractivity contribution in [1.29, 1.82) is 0 Å². The summed E-state index contributed by atoms with van der Waals surface area (Å²) in [7, 11) is 0. The van der Waals surface area contributed by atoms with Crippen LogP contribution in [0.4, 0.5) is 22.4 Å². The lowest BCUT2D eigenvalue weighted by molar-refractivity contribution is -0.141. The van der Waals surface area contributed by atoms with Gasteiger partial charge >= 0.3 is 12.2 Å². The highest BCUT2D eigenvalue weighted by Gasteiger charge is 2.50. The van der Waals surface area contributed by atoms with Gasteiger partial charge in [0.05, 0.1) is 0 Å². The molecule has 24 heavy (non-hydrogen) atoms. The summed E-state index contributed by atoms with van der Waals surface area (Å²) in [4.78, 5) is 36.2. The fraction of sp³-hybridized carbons (Fsp3) is 0.357. The van der Waals surface area contributed by atoms with Crippen LogP contribution in [0.3, 0.4) is 0 Å². The molecule has 0 bridgehead atoms. The summed E-state index contributed by atoms with van der Waals surface area (Å²) in [5.41, 5.74) is -1.85. The number of hydrogen-bond donors (Lipinski definition) is 2. The SMILES string of the molecule is C[C@@]1(c2ccccc2F)NC(=O)N(CC(=O)NCC(F)(F)F)C1=O. The highest BCUT2D eigenvalue weighted by molar-refractivity contribution is 6.09. The molecule has 0 aromatic heterocycles. The third-order valence-electron chi connectivity index (χ3n) is 3.48. The smallest absolute Gasteiger partial charge is 0.345 e. The van der Waals surface area contributed by atoms with Gasteiger partial charge < -0.3 is 10.6 Å². The van der Waals surface area contributed by atoms with Crippen LogP contribution in [0.2, 0.25) is 0 Å². The van der Waals surface area contributed by atoms with E-state index < -0.39 is 48.5 Å². The highest BCUT2D eigenvalue weighted by atomic mass is 19.4. The number of alkyl halides is 3. The normalized spacial score (nSPS) is 21.0. The zero-order valence-electron chi connectivity index (χ0n) is 12.4. The minimum Gasteiger partial charge on any atom is -0.345 e. The minimum absolute atomic E-state index is 0.110. The Balaban J connectivity index is 2.15. The number of benzene rings is 1. The molecule has 1 aliphatic heterocycles. The first-order valence-corrected chi connectivity index (χ1v) is 6.77. The average Bonchev–Trinajstić information content (AvgIpc) is 2.69. The van der Waals surface area contributed by atoms with Gasteiger partial charge in [-0.25, -0.2) is 9.18 Å². The largest absolute Gasteiger partial charge is 0.405 e. The van der Waals surface area contributed by atoms with E-state index in [0.29, 0.717) is 4.90 Å². The van der Waals surface area contributed by atoms with Crippen molar-refractivity contribution < 1.29 is 31.9 Å². The van der Waals surface area contributed by atoms with Gasteiger partial charge in [0.15, 0.2) is 0 Å².